The number of aromatic nitrogens is 1. The lowest BCUT2D eigenvalue weighted by molar-refractivity contribution is 0.878. The van der Waals surface area contributed by atoms with E-state index in [9.17, 15) is 4.79 Å². The fourth-order valence-corrected chi connectivity index (χ4v) is 3.44. The monoisotopic (exact) mass is 310 g/mol. The third-order valence-corrected chi connectivity index (χ3v) is 4.61. The molecule has 0 bridgehead atoms. The minimum absolute atomic E-state index is 0.155. The molecule has 0 aliphatic heterocycles. The van der Waals surface area contributed by atoms with E-state index in [-0.39, 0.29) is 5.56 Å². The molecule has 112 valence electrons. The maximum absolute atomic E-state index is 12.3. The first-order chi connectivity index (χ1) is 10.7. The van der Waals surface area contributed by atoms with Crippen LogP contribution in [0.2, 0.25) is 0 Å². The lowest BCUT2D eigenvalue weighted by atomic mass is 10.2. The summed E-state index contributed by atoms with van der Waals surface area (Å²) in [4.78, 5) is 18.7. The molecule has 3 aromatic rings. The molecule has 0 saturated heterocycles. The van der Waals surface area contributed by atoms with E-state index in [1.54, 1.807) is 11.3 Å². The molecule has 0 aliphatic rings. The number of aryl methyl sites for hydroxylation is 1. The highest BCUT2D eigenvalue weighted by Crippen LogP contribution is 2.30. The fraction of sp³-hybridized carbons (Fsp3) is 0.222. The molecule has 3 rings (SSSR count). The third-order valence-electron chi connectivity index (χ3n) is 3.54. The van der Waals surface area contributed by atoms with Crippen LogP contribution in [-0.4, -0.2) is 11.5 Å². The molecule has 0 aliphatic carbocycles. The lowest BCUT2D eigenvalue weighted by Crippen LogP contribution is -2.21. The Bertz CT molecular complexity index is 840. The molecule has 2 aromatic carbocycles. The van der Waals surface area contributed by atoms with Crippen LogP contribution in [0.15, 0.2) is 53.3 Å². The molecule has 22 heavy (non-hydrogen) atoms. The van der Waals surface area contributed by atoms with Crippen LogP contribution in [0.1, 0.15) is 18.9 Å². The first-order valence-corrected chi connectivity index (χ1v) is 8.25. The molecule has 1 heterocycles. The van der Waals surface area contributed by atoms with Crippen LogP contribution in [0.4, 0.5) is 10.8 Å². The van der Waals surface area contributed by atoms with Gasteiger partial charge in [0.25, 0.3) is 5.56 Å². The average molecular weight is 310 g/mol. The second kappa shape index (κ2) is 6.28. The Hall–Kier alpha value is -2.20. The van der Waals surface area contributed by atoms with Crippen LogP contribution in [0.25, 0.3) is 10.1 Å². The standard InChI is InChI=1S/C18H18N2OS/c1-3-12-20(14-10-8-13(2)9-11-14)18-19-17(21)15-6-4-5-7-16(15)22-18/h4-11H,3,12H2,1-2H3. The van der Waals surface area contributed by atoms with Gasteiger partial charge in [0.2, 0.25) is 0 Å². The molecule has 0 radical (unpaired) electrons. The van der Waals surface area contributed by atoms with Gasteiger partial charge in [-0.1, -0.05) is 48.1 Å². The molecule has 4 heteroatoms. The molecule has 1 aromatic heterocycles. The van der Waals surface area contributed by atoms with Gasteiger partial charge in [-0.25, -0.2) is 0 Å². The zero-order valence-corrected chi connectivity index (χ0v) is 13.6. The van der Waals surface area contributed by atoms with Crippen molar-refractivity contribution in [2.75, 3.05) is 11.4 Å². The summed E-state index contributed by atoms with van der Waals surface area (Å²) < 4.78 is 0.978. The lowest BCUT2D eigenvalue weighted by Gasteiger charge is -2.22. The number of fused-ring (bicyclic) bond motifs is 1. The molecule has 0 amide bonds. The van der Waals surface area contributed by atoms with Gasteiger partial charge in [-0.15, -0.1) is 0 Å². The first kappa shape index (κ1) is 14.7. The van der Waals surface area contributed by atoms with Crippen LogP contribution >= 0.6 is 11.3 Å². The Kier molecular flexibility index (Phi) is 4.20. The van der Waals surface area contributed by atoms with E-state index < -0.39 is 0 Å². The largest absolute Gasteiger partial charge is 0.318 e. The summed E-state index contributed by atoms with van der Waals surface area (Å²) >= 11 is 1.56. The van der Waals surface area contributed by atoms with Crippen molar-refractivity contribution in [2.45, 2.75) is 20.3 Å². The van der Waals surface area contributed by atoms with Crippen molar-refractivity contribution in [1.29, 1.82) is 0 Å². The normalized spacial score (nSPS) is 10.8. The highest BCUT2D eigenvalue weighted by Gasteiger charge is 2.13. The van der Waals surface area contributed by atoms with Gasteiger partial charge >= 0.3 is 0 Å². The van der Waals surface area contributed by atoms with Crippen LogP contribution in [0, 0.1) is 6.92 Å². The summed E-state index contributed by atoms with van der Waals surface area (Å²) in [5.41, 5.74) is 2.14. The minimum Gasteiger partial charge on any atom is -0.318 e. The Morgan fingerprint density at radius 2 is 1.82 bits per heavy atom. The summed E-state index contributed by atoms with van der Waals surface area (Å²) in [5.74, 6) is 0. The Morgan fingerprint density at radius 3 is 2.55 bits per heavy atom. The van der Waals surface area contributed by atoms with Crippen molar-refractivity contribution in [1.82, 2.24) is 4.98 Å². The zero-order chi connectivity index (χ0) is 15.5. The Balaban J connectivity index is 2.12. The number of anilines is 2. The van der Waals surface area contributed by atoms with E-state index in [0.717, 1.165) is 28.5 Å². The van der Waals surface area contributed by atoms with E-state index in [2.05, 4.69) is 48.0 Å². The third kappa shape index (κ3) is 2.88. The van der Waals surface area contributed by atoms with Gasteiger partial charge in [0.05, 0.1) is 5.39 Å². The van der Waals surface area contributed by atoms with Crippen molar-refractivity contribution < 1.29 is 0 Å². The van der Waals surface area contributed by atoms with Crippen LogP contribution in [-0.2, 0) is 0 Å². The topological polar surface area (TPSA) is 33.2 Å². The molecule has 0 fully saturated rings. The maximum Gasteiger partial charge on any atom is 0.281 e. The molecule has 0 saturated carbocycles. The molecule has 0 spiro atoms. The minimum atomic E-state index is -0.155. The summed E-state index contributed by atoms with van der Waals surface area (Å²) in [5, 5.41) is 1.45. The molecule has 0 N–H and O–H groups in total. The Morgan fingerprint density at radius 1 is 1.09 bits per heavy atom. The van der Waals surface area contributed by atoms with Crippen LogP contribution in [0.3, 0.4) is 0 Å². The summed E-state index contributed by atoms with van der Waals surface area (Å²) in [6, 6.07) is 16.0. The summed E-state index contributed by atoms with van der Waals surface area (Å²) in [6.45, 7) is 5.04. The van der Waals surface area contributed by atoms with E-state index in [1.807, 2.05) is 24.3 Å². The SMILES string of the molecule is CCCN(c1ccc(C)cc1)c1nc(=O)c2ccccc2s1. The summed E-state index contributed by atoms with van der Waals surface area (Å²) in [7, 11) is 0. The van der Waals surface area contributed by atoms with Gasteiger partial charge < -0.3 is 4.90 Å². The highest BCUT2D eigenvalue weighted by molar-refractivity contribution is 7.21. The maximum atomic E-state index is 12.3. The van der Waals surface area contributed by atoms with E-state index in [4.69, 9.17) is 0 Å². The van der Waals surface area contributed by atoms with Gasteiger partial charge in [0, 0.05) is 16.9 Å². The Labute approximate surface area is 133 Å². The number of nitrogens with zero attached hydrogens (tertiary/aromatic N) is 2. The molecule has 0 unspecified atom stereocenters. The van der Waals surface area contributed by atoms with Crippen molar-refractivity contribution in [3.63, 3.8) is 0 Å². The van der Waals surface area contributed by atoms with E-state index in [1.165, 1.54) is 5.56 Å². The van der Waals surface area contributed by atoms with Gasteiger partial charge in [-0.2, -0.15) is 4.98 Å². The number of rotatable bonds is 4. The number of benzene rings is 2. The van der Waals surface area contributed by atoms with Crippen LogP contribution < -0.4 is 10.5 Å². The van der Waals surface area contributed by atoms with Crippen LogP contribution in [0.5, 0.6) is 0 Å². The predicted molar refractivity (Wildman–Crippen MR) is 94.4 cm³/mol. The molecular formula is C18H18N2OS. The highest BCUT2D eigenvalue weighted by atomic mass is 32.1. The number of hydrogen-bond donors (Lipinski definition) is 0. The molecule has 0 atom stereocenters. The first-order valence-electron chi connectivity index (χ1n) is 7.43. The average Bonchev–Trinajstić information content (AvgIpc) is 2.54. The van der Waals surface area contributed by atoms with E-state index in [0.29, 0.717) is 5.39 Å². The quantitative estimate of drug-likeness (QED) is 0.710. The molecule has 3 nitrogen and oxygen atoms in total. The van der Waals surface area contributed by atoms with Crippen molar-refractivity contribution in [2.24, 2.45) is 0 Å². The molecular weight excluding hydrogens is 292 g/mol. The van der Waals surface area contributed by atoms with Gasteiger partial charge in [0.15, 0.2) is 5.13 Å². The predicted octanol–water partition coefficient (Wildman–Crippen LogP) is 4.51. The van der Waals surface area contributed by atoms with Crippen molar-refractivity contribution >= 4 is 32.2 Å². The smallest absolute Gasteiger partial charge is 0.281 e. The van der Waals surface area contributed by atoms with Crippen molar-refractivity contribution in [3.8, 4) is 0 Å². The second-order valence-corrected chi connectivity index (χ2v) is 6.29. The second-order valence-electron chi connectivity index (χ2n) is 5.28. The van der Waals surface area contributed by atoms with Gasteiger partial charge in [0.1, 0.15) is 0 Å². The van der Waals surface area contributed by atoms with Gasteiger partial charge in [-0.3, -0.25) is 4.79 Å². The fourth-order valence-electron chi connectivity index (χ4n) is 2.40. The number of hydrogen-bond acceptors (Lipinski definition) is 4. The zero-order valence-electron chi connectivity index (χ0n) is 12.7. The summed E-state index contributed by atoms with van der Waals surface area (Å²) in [6.07, 6.45) is 0.989. The van der Waals surface area contributed by atoms with E-state index >= 15 is 0 Å². The van der Waals surface area contributed by atoms with Gasteiger partial charge in [-0.05, 0) is 37.6 Å². The van der Waals surface area contributed by atoms with Crippen molar-refractivity contribution in [3.05, 3.63) is 64.4 Å².